The minimum absolute atomic E-state index is 0.354. The lowest BCUT2D eigenvalue weighted by atomic mass is 9.98. The molecular formula is C25H35NO5S. The molecule has 2 aromatic rings. The van der Waals surface area contributed by atoms with Crippen molar-refractivity contribution in [3.63, 3.8) is 0 Å². The Bertz CT molecular complexity index is 915. The van der Waals surface area contributed by atoms with E-state index in [1.54, 1.807) is 30.2 Å². The summed E-state index contributed by atoms with van der Waals surface area (Å²) < 4.78 is 11.5. The number of thiophene rings is 1. The number of nitrogens with zero attached hydrogens (tertiary/aromatic N) is 1. The highest BCUT2D eigenvalue weighted by atomic mass is 32.1. The number of amides is 1. The summed E-state index contributed by atoms with van der Waals surface area (Å²) in [7, 11) is 1.73. The van der Waals surface area contributed by atoms with Crippen molar-refractivity contribution in [3.05, 3.63) is 40.1 Å². The molecule has 32 heavy (non-hydrogen) atoms. The summed E-state index contributed by atoms with van der Waals surface area (Å²) in [6.07, 6.45) is 2.08. The molecule has 1 N–H and O–H groups in total. The normalized spacial score (nSPS) is 12.3. The molecule has 0 saturated carbocycles. The van der Waals surface area contributed by atoms with Gasteiger partial charge in [0.25, 0.3) is 0 Å². The highest BCUT2D eigenvalue weighted by molar-refractivity contribution is 7.10. The number of hydrogen-bond donors (Lipinski definition) is 1. The van der Waals surface area contributed by atoms with Crippen LogP contribution in [0.1, 0.15) is 57.9 Å². The summed E-state index contributed by atoms with van der Waals surface area (Å²) >= 11 is 1.58. The van der Waals surface area contributed by atoms with Crippen molar-refractivity contribution in [2.75, 3.05) is 13.7 Å². The first-order chi connectivity index (χ1) is 15.0. The van der Waals surface area contributed by atoms with Gasteiger partial charge in [-0.25, -0.2) is 4.79 Å². The van der Waals surface area contributed by atoms with Gasteiger partial charge in [0.05, 0.1) is 19.1 Å². The summed E-state index contributed by atoms with van der Waals surface area (Å²) in [5, 5.41) is 11.3. The number of benzene rings is 1. The van der Waals surface area contributed by atoms with E-state index in [0.29, 0.717) is 19.6 Å². The molecular weight excluding hydrogens is 426 g/mol. The van der Waals surface area contributed by atoms with Gasteiger partial charge in [-0.05, 0) is 62.3 Å². The van der Waals surface area contributed by atoms with Gasteiger partial charge < -0.3 is 19.5 Å². The molecule has 7 heteroatoms. The van der Waals surface area contributed by atoms with E-state index in [1.807, 2.05) is 39.0 Å². The summed E-state index contributed by atoms with van der Waals surface area (Å²) in [5.74, 6) is -0.502. The lowest BCUT2D eigenvalue weighted by molar-refractivity contribution is -0.141. The Labute approximate surface area is 195 Å². The van der Waals surface area contributed by atoms with Crippen LogP contribution < -0.4 is 4.74 Å². The molecule has 0 aliphatic heterocycles. The van der Waals surface area contributed by atoms with Crippen molar-refractivity contribution in [1.29, 1.82) is 0 Å². The number of aliphatic carboxylic acids is 1. The Morgan fingerprint density at radius 3 is 2.56 bits per heavy atom. The number of ether oxygens (including phenoxy) is 2. The van der Waals surface area contributed by atoms with E-state index >= 15 is 0 Å². The van der Waals surface area contributed by atoms with Gasteiger partial charge in [0.15, 0.2) is 0 Å². The van der Waals surface area contributed by atoms with Gasteiger partial charge in [-0.1, -0.05) is 32.4 Å². The first-order valence-electron chi connectivity index (χ1n) is 11.0. The van der Waals surface area contributed by atoms with Gasteiger partial charge in [-0.2, -0.15) is 0 Å². The van der Waals surface area contributed by atoms with E-state index in [-0.39, 0.29) is 6.09 Å². The topological polar surface area (TPSA) is 76.1 Å². The van der Waals surface area contributed by atoms with E-state index in [4.69, 9.17) is 9.47 Å². The summed E-state index contributed by atoms with van der Waals surface area (Å²) in [4.78, 5) is 26.1. The zero-order valence-corrected chi connectivity index (χ0v) is 20.8. The lowest BCUT2D eigenvalue weighted by Crippen LogP contribution is -2.33. The van der Waals surface area contributed by atoms with Crippen molar-refractivity contribution in [2.45, 2.75) is 66.0 Å². The largest absolute Gasteiger partial charge is 0.493 e. The fourth-order valence-corrected chi connectivity index (χ4v) is 4.00. The second-order valence-electron chi connectivity index (χ2n) is 9.11. The molecule has 1 aromatic carbocycles. The molecule has 1 amide bonds. The van der Waals surface area contributed by atoms with Gasteiger partial charge in [0.1, 0.15) is 11.4 Å². The maximum absolute atomic E-state index is 12.3. The van der Waals surface area contributed by atoms with Crippen LogP contribution in [0.5, 0.6) is 5.75 Å². The molecule has 6 nitrogen and oxygen atoms in total. The average Bonchev–Trinajstić information content (AvgIpc) is 3.15. The monoisotopic (exact) mass is 461 g/mol. The van der Waals surface area contributed by atoms with Crippen molar-refractivity contribution < 1.29 is 24.2 Å². The van der Waals surface area contributed by atoms with E-state index in [0.717, 1.165) is 40.2 Å². The van der Waals surface area contributed by atoms with Gasteiger partial charge in [-0.3, -0.25) is 4.79 Å². The van der Waals surface area contributed by atoms with Crippen molar-refractivity contribution in [2.24, 2.45) is 5.92 Å². The van der Waals surface area contributed by atoms with E-state index in [2.05, 4.69) is 18.4 Å². The Morgan fingerprint density at radius 1 is 1.22 bits per heavy atom. The zero-order chi connectivity index (χ0) is 23.9. The fraction of sp³-hybridized carbons (Fsp3) is 0.520. The average molecular weight is 462 g/mol. The van der Waals surface area contributed by atoms with Gasteiger partial charge in [-0.15, -0.1) is 11.3 Å². The van der Waals surface area contributed by atoms with Crippen LogP contribution >= 0.6 is 11.3 Å². The standard InChI is InChI=1S/C25H35NO5S/c1-7-8-11-30-22-13-18(12-17(2)23(27)28)9-10-21(22)19-14-20(32-16-19)15-26(6)24(29)31-25(3,4)5/h9-10,13-14,16-17H,7-8,11-12,15H2,1-6H3,(H,27,28). The van der Waals surface area contributed by atoms with Crippen LogP contribution in [0.25, 0.3) is 11.1 Å². The van der Waals surface area contributed by atoms with Crippen LogP contribution in [-0.2, 0) is 22.5 Å². The first kappa shape index (κ1) is 25.7. The molecule has 1 aromatic heterocycles. The summed E-state index contributed by atoms with van der Waals surface area (Å²) in [5.41, 5.74) is 2.40. The molecule has 0 bridgehead atoms. The molecule has 1 heterocycles. The van der Waals surface area contributed by atoms with Crippen LogP contribution in [0.3, 0.4) is 0 Å². The Hall–Kier alpha value is -2.54. The molecule has 1 unspecified atom stereocenters. The molecule has 0 aliphatic carbocycles. The second kappa shape index (κ2) is 11.4. The van der Waals surface area contributed by atoms with Crippen LogP contribution in [0, 0.1) is 5.92 Å². The number of carbonyl (C=O) groups excluding carboxylic acids is 1. The van der Waals surface area contributed by atoms with Crippen molar-refractivity contribution in [3.8, 4) is 16.9 Å². The quantitative estimate of drug-likeness (QED) is 0.425. The maximum atomic E-state index is 12.3. The number of carboxylic acids is 1. The van der Waals surface area contributed by atoms with E-state index in [9.17, 15) is 14.7 Å². The summed E-state index contributed by atoms with van der Waals surface area (Å²) in [6, 6.07) is 7.97. The fourth-order valence-electron chi connectivity index (χ4n) is 3.06. The van der Waals surface area contributed by atoms with E-state index in [1.165, 1.54) is 0 Å². The Morgan fingerprint density at radius 2 is 1.94 bits per heavy atom. The van der Waals surface area contributed by atoms with Crippen LogP contribution in [0.4, 0.5) is 4.79 Å². The SMILES string of the molecule is CCCCOc1cc(CC(C)C(=O)O)ccc1-c1csc(CN(C)C(=O)OC(C)(C)C)c1. The minimum Gasteiger partial charge on any atom is -0.493 e. The van der Waals surface area contributed by atoms with Gasteiger partial charge in [0.2, 0.25) is 0 Å². The third-order valence-electron chi connectivity index (χ3n) is 4.83. The zero-order valence-electron chi connectivity index (χ0n) is 19.9. The molecule has 2 rings (SSSR count). The third-order valence-corrected chi connectivity index (χ3v) is 5.75. The maximum Gasteiger partial charge on any atom is 0.410 e. The number of carbonyl (C=O) groups is 2. The van der Waals surface area contributed by atoms with Gasteiger partial charge in [0, 0.05) is 17.5 Å². The van der Waals surface area contributed by atoms with E-state index < -0.39 is 17.5 Å². The molecule has 1 atom stereocenters. The van der Waals surface area contributed by atoms with Crippen molar-refractivity contribution in [1.82, 2.24) is 4.90 Å². The molecule has 0 fully saturated rings. The van der Waals surface area contributed by atoms with Gasteiger partial charge >= 0.3 is 12.1 Å². The lowest BCUT2D eigenvalue weighted by Gasteiger charge is -2.24. The molecule has 0 radical (unpaired) electrons. The number of rotatable bonds is 10. The number of carboxylic acid groups (broad SMARTS) is 1. The Kier molecular flexibility index (Phi) is 9.13. The smallest absolute Gasteiger partial charge is 0.410 e. The first-order valence-corrected chi connectivity index (χ1v) is 11.9. The molecule has 0 spiro atoms. The predicted molar refractivity (Wildman–Crippen MR) is 128 cm³/mol. The highest BCUT2D eigenvalue weighted by Crippen LogP contribution is 2.35. The second-order valence-corrected chi connectivity index (χ2v) is 10.1. The highest BCUT2D eigenvalue weighted by Gasteiger charge is 2.20. The van der Waals surface area contributed by atoms with Crippen LogP contribution in [0.2, 0.25) is 0 Å². The molecule has 176 valence electrons. The van der Waals surface area contributed by atoms with Crippen LogP contribution in [-0.4, -0.2) is 41.3 Å². The summed E-state index contributed by atoms with van der Waals surface area (Å²) in [6.45, 7) is 10.4. The van der Waals surface area contributed by atoms with Crippen molar-refractivity contribution >= 4 is 23.4 Å². The number of hydrogen-bond acceptors (Lipinski definition) is 5. The molecule has 0 saturated heterocycles. The minimum atomic E-state index is -0.806. The van der Waals surface area contributed by atoms with Crippen LogP contribution in [0.15, 0.2) is 29.6 Å². The number of unbranched alkanes of at least 4 members (excludes halogenated alkanes) is 1. The Balaban J connectivity index is 2.21. The molecule has 0 aliphatic rings. The third kappa shape index (κ3) is 7.86. The predicted octanol–water partition coefficient (Wildman–Crippen LogP) is 6.22.